The maximum atomic E-state index is 11.9. The van der Waals surface area contributed by atoms with Crippen LogP contribution in [0.3, 0.4) is 0 Å². The molecule has 1 aliphatic rings. The van der Waals surface area contributed by atoms with Gasteiger partial charge in [0.15, 0.2) is 0 Å². The van der Waals surface area contributed by atoms with E-state index in [2.05, 4.69) is 10.6 Å². The largest absolute Gasteiger partial charge is 0.481 e. The summed E-state index contributed by atoms with van der Waals surface area (Å²) >= 11 is 6.05. The molecule has 7 heteroatoms. The number of carboxylic acid groups (broad SMARTS) is 1. The molecule has 0 spiro atoms. The molecule has 0 aromatic heterocycles. The molecule has 0 heterocycles. The number of aliphatic carboxylic acids is 1. The number of halogens is 1. The third kappa shape index (κ3) is 3.76. The van der Waals surface area contributed by atoms with Gasteiger partial charge in [0.25, 0.3) is 5.91 Å². The van der Waals surface area contributed by atoms with Crippen LogP contribution in [0.4, 0.5) is 5.69 Å². The Morgan fingerprint density at radius 1 is 1.32 bits per heavy atom. The normalized spacial score (nSPS) is 19.4. The van der Waals surface area contributed by atoms with Crippen molar-refractivity contribution in [3.8, 4) is 0 Å². The lowest BCUT2D eigenvalue weighted by Gasteiger charge is -2.09. The lowest BCUT2D eigenvalue weighted by molar-refractivity contribution is -0.139. The first-order valence-corrected chi connectivity index (χ1v) is 7.43. The minimum absolute atomic E-state index is 0.233. The maximum Gasteiger partial charge on any atom is 0.307 e. The summed E-state index contributed by atoms with van der Waals surface area (Å²) in [5.74, 6) is -2.66. The number of amides is 2. The Morgan fingerprint density at radius 3 is 2.59 bits per heavy atom. The average Bonchev–Trinajstić information content (AvgIpc) is 3.25. The smallest absolute Gasteiger partial charge is 0.307 e. The minimum Gasteiger partial charge on any atom is -0.481 e. The molecule has 3 N–H and O–H groups in total. The van der Waals surface area contributed by atoms with Gasteiger partial charge in [-0.15, -0.1) is 0 Å². The summed E-state index contributed by atoms with van der Waals surface area (Å²) in [6.45, 7) is 2.51. The van der Waals surface area contributed by atoms with E-state index >= 15 is 0 Å². The van der Waals surface area contributed by atoms with Crippen molar-refractivity contribution in [2.75, 3.05) is 11.9 Å². The van der Waals surface area contributed by atoms with Crippen LogP contribution in [0.25, 0.3) is 0 Å². The van der Waals surface area contributed by atoms with Crippen LogP contribution in [0, 0.1) is 11.8 Å². The first-order valence-electron chi connectivity index (χ1n) is 7.05. The standard InChI is InChI=1S/C15H17ClN2O4/c1-2-5-17-13(19)9-4-3-8(6-12(9)16)18-14(20)10-7-11(10)15(21)22/h3-4,6,10-11H,2,5,7H2,1H3,(H,17,19)(H,18,20)(H,21,22). The first kappa shape index (κ1) is 16.3. The lowest BCUT2D eigenvalue weighted by Crippen LogP contribution is -2.24. The predicted molar refractivity (Wildman–Crippen MR) is 81.9 cm³/mol. The van der Waals surface area contributed by atoms with Gasteiger partial charge in [0.1, 0.15) is 0 Å². The van der Waals surface area contributed by atoms with Crippen molar-refractivity contribution in [1.29, 1.82) is 0 Å². The number of hydrogen-bond acceptors (Lipinski definition) is 3. The average molecular weight is 325 g/mol. The van der Waals surface area contributed by atoms with Gasteiger partial charge >= 0.3 is 5.97 Å². The van der Waals surface area contributed by atoms with Gasteiger partial charge < -0.3 is 15.7 Å². The molecule has 6 nitrogen and oxygen atoms in total. The van der Waals surface area contributed by atoms with Crippen LogP contribution in [-0.2, 0) is 9.59 Å². The number of anilines is 1. The highest BCUT2D eigenvalue weighted by atomic mass is 35.5. The highest BCUT2D eigenvalue weighted by Crippen LogP contribution is 2.39. The monoisotopic (exact) mass is 324 g/mol. The Hall–Kier alpha value is -2.08. The van der Waals surface area contributed by atoms with Gasteiger partial charge in [0.05, 0.1) is 22.4 Å². The van der Waals surface area contributed by atoms with Crippen LogP contribution in [-0.4, -0.2) is 29.4 Å². The predicted octanol–water partition coefficient (Wildman–Crippen LogP) is 2.14. The van der Waals surface area contributed by atoms with E-state index in [1.54, 1.807) is 6.07 Å². The maximum absolute atomic E-state index is 11.9. The van der Waals surface area contributed by atoms with Crippen LogP contribution in [0.2, 0.25) is 5.02 Å². The Morgan fingerprint density at radius 2 is 2.05 bits per heavy atom. The van der Waals surface area contributed by atoms with Gasteiger partial charge in [-0.3, -0.25) is 14.4 Å². The van der Waals surface area contributed by atoms with Crippen molar-refractivity contribution in [3.05, 3.63) is 28.8 Å². The Bertz CT molecular complexity index is 618. The van der Waals surface area contributed by atoms with E-state index in [1.165, 1.54) is 12.1 Å². The summed E-state index contributed by atoms with van der Waals surface area (Å²) in [6.07, 6.45) is 1.18. The van der Waals surface area contributed by atoms with Crippen LogP contribution in [0.1, 0.15) is 30.1 Å². The topological polar surface area (TPSA) is 95.5 Å². The van der Waals surface area contributed by atoms with E-state index in [-0.39, 0.29) is 16.8 Å². The Kier molecular flexibility index (Phi) is 5.03. The summed E-state index contributed by atoms with van der Waals surface area (Å²) in [6, 6.07) is 4.59. The van der Waals surface area contributed by atoms with Crippen molar-refractivity contribution in [3.63, 3.8) is 0 Å². The number of nitrogens with one attached hydrogen (secondary N) is 2. The molecule has 2 unspecified atom stereocenters. The number of carboxylic acids is 1. The molecule has 1 aliphatic carbocycles. The number of carbonyl (C=O) groups is 3. The zero-order chi connectivity index (χ0) is 16.3. The van der Waals surface area contributed by atoms with E-state index < -0.39 is 17.8 Å². The molecule has 22 heavy (non-hydrogen) atoms. The van der Waals surface area contributed by atoms with Crippen molar-refractivity contribution in [2.45, 2.75) is 19.8 Å². The number of carbonyl (C=O) groups excluding carboxylic acids is 2. The molecule has 1 fully saturated rings. The molecule has 2 rings (SSSR count). The molecule has 1 aromatic rings. The van der Waals surface area contributed by atoms with Crippen molar-refractivity contribution >= 4 is 35.1 Å². The quantitative estimate of drug-likeness (QED) is 0.747. The SMILES string of the molecule is CCCNC(=O)c1ccc(NC(=O)C2CC2C(=O)O)cc1Cl. The zero-order valence-corrected chi connectivity index (χ0v) is 12.8. The molecular weight excluding hydrogens is 308 g/mol. The second-order valence-corrected chi connectivity index (χ2v) is 5.63. The van der Waals surface area contributed by atoms with Gasteiger partial charge in [-0.1, -0.05) is 18.5 Å². The summed E-state index contributed by atoms with van der Waals surface area (Å²) in [7, 11) is 0. The number of hydrogen-bond donors (Lipinski definition) is 3. The van der Waals surface area contributed by atoms with E-state index in [4.69, 9.17) is 16.7 Å². The molecule has 0 radical (unpaired) electrons. The fraction of sp³-hybridized carbons (Fsp3) is 0.400. The molecule has 118 valence electrons. The van der Waals surface area contributed by atoms with Crippen molar-refractivity contribution in [1.82, 2.24) is 5.32 Å². The molecule has 1 aromatic carbocycles. The van der Waals surface area contributed by atoms with E-state index in [9.17, 15) is 14.4 Å². The van der Waals surface area contributed by atoms with Crippen LogP contribution in [0.15, 0.2) is 18.2 Å². The molecular formula is C15H17ClN2O4. The second kappa shape index (κ2) is 6.79. The Labute approximate surface area is 132 Å². The molecule has 1 saturated carbocycles. The van der Waals surface area contributed by atoms with Gasteiger partial charge in [0, 0.05) is 12.2 Å². The second-order valence-electron chi connectivity index (χ2n) is 5.23. The zero-order valence-electron chi connectivity index (χ0n) is 12.1. The van der Waals surface area contributed by atoms with Crippen LogP contribution < -0.4 is 10.6 Å². The third-order valence-corrected chi connectivity index (χ3v) is 3.77. The van der Waals surface area contributed by atoms with Crippen LogP contribution >= 0.6 is 11.6 Å². The lowest BCUT2D eigenvalue weighted by atomic mass is 10.2. The first-order chi connectivity index (χ1) is 10.4. The van der Waals surface area contributed by atoms with E-state index in [1.807, 2.05) is 6.92 Å². The van der Waals surface area contributed by atoms with Gasteiger partial charge in [-0.05, 0) is 31.0 Å². The third-order valence-electron chi connectivity index (χ3n) is 3.46. The van der Waals surface area contributed by atoms with Crippen LogP contribution in [0.5, 0.6) is 0 Å². The van der Waals surface area contributed by atoms with Gasteiger partial charge in [-0.2, -0.15) is 0 Å². The highest BCUT2D eigenvalue weighted by Gasteiger charge is 2.48. The summed E-state index contributed by atoms with van der Waals surface area (Å²) in [5, 5.41) is 14.4. The fourth-order valence-electron chi connectivity index (χ4n) is 2.10. The van der Waals surface area contributed by atoms with Crippen molar-refractivity contribution < 1.29 is 19.5 Å². The fourth-order valence-corrected chi connectivity index (χ4v) is 2.37. The number of rotatable bonds is 6. The summed E-state index contributed by atoms with van der Waals surface area (Å²) in [4.78, 5) is 34.5. The van der Waals surface area contributed by atoms with E-state index in [0.29, 0.717) is 24.2 Å². The minimum atomic E-state index is -0.957. The summed E-state index contributed by atoms with van der Waals surface area (Å²) in [5.41, 5.74) is 0.779. The molecule has 0 bridgehead atoms. The van der Waals surface area contributed by atoms with E-state index in [0.717, 1.165) is 6.42 Å². The number of benzene rings is 1. The molecule has 0 saturated heterocycles. The Balaban J connectivity index is 1.99. The molecule has 0 aliphatic heterocycles. The van der Waals surface area contributed by atoms with Crippen molar-refractivity contribution in [2.24, 2.45) is 11.8 Å². The molecule has 2 amide bonds. The highest BCUT2D eigenvalue weighted by molar-refractivity contribution is 6.34. The van der Waals surface area contributed by atoms with Gasteiger partial charge in [-0.25, -0.2) is 0 Å². The molecule has 2 atom stereocenters. The summed E-state index contributed by atoms with van der Waals surface area (Å²) < 4.78 is 0. The van der Waals surface area contributed by atoms with Gasteiger partial charge in [0.2, 0.25) is 5.91 Å².